The highest BCUT2D eigenvalue weighted by Crippen LogP contribution is 2.33. The number of likely N-dealkylation sites (N-methyl/N-ethyl adjacent to an activating group) is 1. The zero-order valence-electron chi connectivity index (χ0n) is 11.1. The van der Waals surface area contributed by atoms with Crippen LogP contribution in [-0.2, 0) is 6.54 Å². The van der Waals surface area contributed by atoms with Crippen LogP contribution in [0.3, 0.4) is 0 Å². The summed E-state index contributed by atoms with van der Waals surface area (Å²) in [6.07, 6.45) is 0. The summed E-state index contributed by atoms with van der Waals surface area (Å²) in [7, 11) is 2.21. The largest absolute Gasteiger partial charge is 0.301 e. The van der Waals surface area contributed by atoms with E-state index in [-0.39, 0.29) is 0 Å². The summed E-state index contributed by atoms with van der Waals surface area (Å²) >= 11 is 0. The molecule has 1 atom stereocenters. The van der Waals surface area contributed by atoms with Crippen molar-refractivity contribution in [1.82, 2.24) is 4.90 Å². The van der Waals surface area contributed by atoms with Crippen LogP contribution in [0.4, 0.5) is 0 Å². The number of nitrogens with zero attached hydrogens (tertiary/aromatic N) is 1. The first kappa shape index (κ1) is 11.5. The lowest BCUT2D eigenvalue weighted by Crippen LogP contribution is -2.31. The molecule has 0 bridgehead atoms. The molecule has 1 heteroatoms. The molecule has 1 nitrogen and oxygen atoms in total. The van der Waals surface area contributed by atoms with E-state index in [1.807, 2.05) is 0 Å². The topological polar surface area (TPSA) is 3.24 Å². The summed E-state index contributed by atoms with van der Waals surface area (Å²) in [6, 6.07) is 17.7. The SMILES string of the molecule is Cc1ccc2c(c1)[C@H](c1ccccc1)CN(C)C2. The van der Waals surface area contributed by atoms with Gasteiger partial charge in [0.2, 0.25) is 0 Å². The minimum atomic E-state index is 0.514. The molecule has 0 unspecified atom stereocenters. The Balaban J connectivity index is 2.09. The van der Waals surface area contributed by atoms with Crippen molar-refractivity contribution in [3.8, 4) is 0 Å². The minimum absolute atomic E-state index is 0.514. The second-order valence-electron chi connectivity index (χ2n) is 5.36. The molecule has 0 radical (unpaired) electrons. The third-order valence-corrected chi connectivity index (χ3v) is 3.81. The fraction of sp³-hybridized carbons (Fsp3) is 0.294. The van der Waals surface area contributed by atoms with E-state index in [2.05, 4.69) is 67.4 Å². The van der Waals surface area contributed by atoms with Gasteiger partial charge in [-0.15, -0.1) is 0 Å². The van der Waals surface area contributed by atoms with Crippen molar-refractivity contribution >= 4 is 0 Å². The number of fused-ring (bicyclic) bond motifs is 1. The van der Waals surface area contributed by atoms with Gasteiger partial charge in [0, 0.05) is 19.0 Å². The van der Waals surface area contributed by atoms with Crippen molar-refractivity contribution in [3.63, 3.8) is 0 Å². The number of hydrogen-bond acceptors (Lipinski definition) is 1. The van der Waals surface area contributed by atoms with E-state index in [0.717, 1.165) is 13.1 Å². The summed E-state index contributed by atoms with van der Waals surface area (Å²) in [4.78, 5) is 2.41. The molecule has 0 aromatic heterocycles. The first-order valence-electron chi connectivity index (χ1n) is 6.57. The Morgan fingerprint density at radius 2 is 1.83 bits per heavy atom. The monoisotopic (exact) mass is 237 g/mol. The Kier molecular flexibility index (Phi) is 2.92. The van der Waals surface area contributed by atoms with Gasteiger partial charge in [0.15, 0.2) is 0 Å². The van der Waals surface area contributed by atoms with E-state index < -0.39 is 0 Å². The van der Waals surface area contributed by atoms with Crippen LogP contribution < -0.4 is 0 Å². The molecule has 0 fully saturated rings. The van der Waals surface area contributed by atoms with Crippen LogP contribution in [0.25, 0.3) is 0 Å². The third-order valence-electron chi connectivity index (χ3n) is 3.81. The highest BCUT2D eigenvalue weighted by molar-refractivity contribution is 5.42. The highest BCUT2D eigenvalue weighted by Gasteiger charge is 2.24. The molecule has 0 saturated carbocycles. The van der Waals surface area contributed by atoms with Crippen LogP contribution in [0.2, 0.25) is 0 Å². The Morgan fingerprint density at radius 1 is 1.06 bits per heavy atom. The average molecular weight is 237 g/mol. The van der Waals surface area contributed by atoms with E-state index in [1.54, 1.807) is 0 Å². The third kappa shape index (κ3) is 2.06. The van der Waals surface area contributed by atoms with Gasteiger partial charge in [-0.3, -0.25) is 0 Å². The maximum Gasteiger partial charge on any atom is 0.0234 e. The minimum Gasteiger partial charge on any atom is -0.301 e. The van der Waals surface area contributed by atoms with Crippen molar-refractivity contribution < 1.29 is 0 Å². The zero-order chi connectivity index (χ0) is 12.5. The lowest BCUT2D eigenvalue weighted by atomic mass is 9.84. The second kappa shape index (κ2) is 4.58. The first-order chi connectivity index (χ1) is 8.74. The zero-order valence-corrected chi connectivity index (χ0v) is 11.1. The lowest BCUT2D eigenvalue weighted by Gasteiger charge is -2.33. The van der Waals surface area contributed by atoms with Gasteiger partial charge in [-0.05, 0) is 30.7 Å². The second-order valence-corrected chi connectivity index (χ2v) is 5.36. The van der Waals surface area contributed by atoms with Crippen molar-refractivity contribution in [2.45, 2.75) is 19.4 Å². The Morgan fingerprint density at radius 3 is 2.61 bits per heavy atom. The summed E-state index contributed by atoms with van der Waals surface area (Å²) < 4.78 is 0. The van der Waals surface area contributed by atoms with Gasteiger partial charge in [0.1, 0.15) is 0 Å². The van der Waals surface area contributed by atoms with Crippen LogP contribution in [0.15, 0.2) is 48.5 Å². The van der Waals surface area contributed by atoms with Crippen LogP contribution >= 0.6 is 0 Å². The van der Waals surface area contributed by atoms with E-state index >= 15 is 0 Å². The number of rotatable bonds is 1. The fourth-order valence-corrected chi connectivity index (χ4v) is 2.92. The van der Waals surface area contributed by atoms with Crippen LogP contribution in [0, 0.1) is 6.92 Å². The van der Waals surface area contributed by atoms with Gasteiger partial charge in [0.05, 0.1) is 0 Å². The maximum absolute atomic E-state index is 2.41. The normalized spacial score (nSPS) is 19.6. The molecule has 2 aromatic rings. The van der Waals surface area contributed by atoms with Crippen molar-refractivity contribution in [2.24, 2.45) is 0 Å². The lowest BCUT2D eigenvalue weighted by molar-refractivity contribution is 0.295. The predicted molar refractivity (Wildman–Crippen MR) is 75.8 cm³/mol. The maximum atomic E-state index is 2.41. The molecular formula is C17H19N. The number of aryl methyl sites for hydroxylation is 1. The standard InChI is InChI=1S/C17H19N/c1-13-8-9-15-11-18(2)12-17(16(15)10-13)14-6-4-3-5-7-14/h3-10,17H,11-12H2,1-2H3/t17-/m0/s1. The first-order valence-corrected chi connectivity index (χ1v) is 6.57. The van der Waals surface area contributed by atoms with Gasteiger partial charge in [-0.25, -0.2) is 0 Å². The Labute approximate surface area is 109 Å². The molecule has 1 heterocycles. The summed E-state index contributed by atoms with van der Waals surface area (Å²) in [5, 5.41) is 0. The summed E-state index contributed by atoms with van der Waals surface area (Å²) in [6.45, 7) is 4.36. The van der Waals surface area contributed by atoms with Crippen LogP contribution in [-0.4, -0.2) is 18.5 Å². The smallest absolute Gasteiger partial charge is 0.0234 e. The van der Waals surface area contributed by atoms with E-state index in [4.69, 9.17) is 0 Å². The van der Waals surface area contributed by atoms with Gasteiger partial charge >= 0.3 is 0 Å². The van der Waals surface area contributed by atoms with Gasteiger partial charge in [0.25, 0.3) is 0 Å². The summed E-state index contributed by atoms with van der Waals surface area (Å²) in [5.41, 5.74) is 5.78. The molecule has 1 aliphatic rings. The number of benzene rings is 2. The Bertz CT molecular complexity index is 545. The molecular weight excluding hydrogens is 218 g/mol. The van der Waals surface area contributed by atoms with Crippen molar-refractivity contribution in [2.75, 3.05) is 13.6 Å². The molecule has 0 spiro atoms. The van der Waals surface area contributed by atoms with E-state index in [0.29, 0.717) is 5.92 Å². The van der Waals surface area contributed by atoms with Crippen LogP contribution in [0.5, 0.6) is 0 Å². The molecule has 92 valence electrons. The van der Waals surface area contributed by atoms with Crippen molar-refractivity contribution in [3.05, 3.63) is 70.8 Å². The van der Waals surface area contributed by atoms with Gasteiger partial charge in [-0.2, -0.15) is 0 Å². The van der Waals surface area contributed by atoms with Crippen LogP contribution in [0.1, 0.15) is 28.2 Å². The molecule has 2 aromatic carbocycles. The molecule has 0 saturated heterocycles. The average Bonchev–Trinajstić information content (AvgIpc) is 2.39. The molecule has 3 rings (SSSR count). The van der Waals surface area contributed by atoms with Crippen molar-refractivity contribution in [1.29, 1.82) is 0 Å². The highest BCUT2D eigenvalue weighted by atomic mass is 15.1. The fourth-order valence-electron chi connectivity index (χ4n) is 2.92. The van der Waals surface area contributed by atoms with Gasteiger partial charge < -0.3 is 4.90 Å². The van der Waals surface area contributed by atoms with E-state index in [9.17, 15) is 0 Å². The molecule has 0 amide bonds. The molecule has 1 aliphatic heterocycles. The number of hydrogen-bond donors (Lipinski definition) is 0. The quantitative estimate of drug-likeness (QED) is 0.733. The van der Waals surface area contributed by atoms with Gasteiger partial charge in [-0.1, -0.05) is 54.1 Å². The van der Waals surface area contributed by atoms with E-state index in [1.165, 1.54) is 22.3 Å². The molecule has 0 N–H and O–H groups in total. The molecule has 18 heavy (non-hydrogen) atoms. The Hall–Kier alpha value is -1.60. The molecule has 0 aliphatic carbocycles. The summed E-state index contributed by atoms with van der Waals surface area (Å²) in [5.74, 6) is 0.514. The predicted octanol–water partition coefficient (Wildman–Crippen LogP) is 3.57.